The lowest BCUT2D eigenvalue weighted by Gasteiger charge is -2.13. The van der Waals surface area contributed by atoms with Gasteiger partial charge in [-0.2, -0.15) is 5.10 Å². The number of aryl methyl sites for hydroxylation is 1. The molecule has 3 aromatic rings. The van der Waals surface area contributed by atoms with E-state index in [2.05, 4.69) is 17.3 Å². The van der Waals surface area contributed by atoms with Crippen LogP contribution in [-0.2, 0) is 9.84 Å². The topological polar surface area (TPSA) is 112 Å². The molecule has 0 saturated carbocycles. The highest BCUT2D eigenvalue weighted by Gasteiger charge is 2.32. The molecule has 0 aliphatic carbocycles. The molecule has 0 bridgehead atoms. The molecule has 2 aromatic heterocycles. The van der Waals surface area contributed by atoms with Gasteiger partial charge in [-0.1, -0.05) is 13.3 Å². The van der Waals surface area contributed by atoms with Gasteiger partial charge in [-0.05, 0) is 44.0 Å². The van der Waals surface area contributed by atoms with Crippen LogP contribution in [0.2, 0.25) is 0 Å². The van der Waals surface area contributed by atoms with E-state index in [1.165, 1.54) is 0 Å². The Balaban J connectivity index is 1.89. The second kappa shape index (κ2) is 9.61. The minimum absolute atomic E-state index is 0.0174. The molecule has 10 heteroatoms. The highest BCUT2D eigenvalue weighted by Crippen LogP contribution is 2.35. The Kier molecular flexibility index (Phi) is 6.79. The zero-order chi connectivity index (χ0) is 24.5. The molecule has 3 heterocycles. The number of sulfone groups is 1. The van der Waals surface area contributed by atoms with Gasteiger partial charge in [0.25, 0.3) is 5.91 Å². The molecule has 1 amide bonds. The number of methoxy groups -OCH3 is 2. The van der Waals surface area contributed by atoms with Crippen LogP contribution in [0.5, 0.6) is 11.5 Å². The summed E-state index contributed by atoms with van der Waals surface area (Å²) < 4.78 is 36.8. The van der Waals surface area contributed by atoms with Crippen LogP contribution >= 0.6 is 0 Å². The van der Waals surface area contributed by atoms with Crippen LogP contribution in [0.3, 0.4) is 0 Å². The van der Waals surface area contributed by atoms with Crippen molar-refractivity contribution in [3.05, 3.63) is 35.5 Å². The Morgan fingerprint density at radius 1 is 1.21 bits per heavy atom. The van der Waals surface area contributed by atoms with Gasteiger partial charge < -0.3 is 14.8 Å². The van der Waals surface area contributed by atoms with E-state index >= 15 is 0 Å². The van der Waals surface area contributed by atoms with Crippen molar-refractivity contribution in [2.45, 2.75) is 39.2 Å². The Morgan fingerprint density at radius 2 is 1.97 bits per heavy atom. The number of hydrogen-bond donors (Lipinski definition) is 1. The molecule has 1 aromatic carbocycles. The summed E-state index contributed by atoms with van der Waals surface area (Å²) in [4.78, 5) is 18.1. The second-order valence-corrected chi connectivity index (χ2v) is 10.7. The zero-order valence-electron chi connectivity index (χ0n) is 19.9. The van der Waals surface area contributed by atoms with Crippen molar-refractivity contribution in [3.8, 4) is 22.8 Å². The number of carbonyl (C=O) groups excluding carboxylic acids is 1. The third kappa shape index (κ3) is 4.59. The fourth-order valence-electron chi connectivity index (χ4n) is 4.33. The minimum Gasteiger partial charge on any atom is -0.493 e. The molecule has 1 saturated heterocycles. The molecule has 0 radical (unpaired) electrons. The zero-order valence-corrected chi connectivity index (χ0v) is 20.7. The van der Waals surface area contributed by atoms with E-state index in [1.807, 2.05) is 13.0 Å². The van der Waals surface area contributed by atoms with Gasteiger partial charge in [-0.3, -0.25) is 4.79 Å². The van der Waals surface area contributed by atoms with E-state index in [0.29, 0.717) is 52.4 Å². The number of pyridine rings is 1. The van der Waals surface area contributed by atoms with Crippen molar-refractivity contribution in [1.82, 2.24) is 20.1 Å². The van der Waals surface area contributed by atoms with Crippen LogP contribution in [0, 0.1) is 6.92 Å². The molecule has 1 fully saturated rings. The largest absolute Gasteiger partial charge is 0.493 e. The lowest BCUT2D eigenvalue weighted by molar-refractivity contribution is 0.0954. The van der Waals surface area contributed by atoms with Crippen LogP contribution in [0.1, 0.15) is 48.3 Å². The van der Waals surface area contributed by atoms with Crippen LogP contribution in [-0.4, -0.2) is 61.4 Å². The number of ether oxygens (including phenoxy) is 2. The molecule has 182 valence electrons. The van der Waals surface area contributed by atoms with E-state index in [0.717, 1.165) is 18.4 Å². The normalized spacial score (nSPS) is 17.1. The van der Waals surface area contributed by atoms with E-state index in [4.69, 9.17) is 14.5 Å². The fourth-order valence-corrected chi connectivity index (χ4v) is 6.02. The maximum absolute atomic E-state index is 13.2. The predicted octanol–water partition coefficient (Wildman–Crippen LogP) is 3.31. The van der Waals surface area contributed by atoms with E-state index in [9.17, 15) is 13.2 Å². The number of hydrogen-bond acceptors (Lipinski definition) is 7. The molecule has 1 N–H and O–H groups in total. The van der Waals surface area contributed by atoms with Gasteiger partial charge in [0.05, 0.1) is 54.1 Å². The van der Waals surface area contributed by atoms with E-state index in [1.54, 1.807) is 37.1 Å². The number of unbranched alkanes of at least 4 members (excludes halogenated alkanes) is 1. The number of nitrogens with one attached hydrogen (secondary N) is 1. The van der Waals surface area contributed by atoms with Crippen LogP contribution in [0.15, 0.2) is 24.3 Å². The quantitative estimate of drug-likeness (QED) is 0.486. The molecule has 34 heavy (non-hydrogen) atoms. The summed E-state index contributed by atoms with van der Waals surface area (Å²) in [6.45, 7) is 4.46. The Hall–Kier alpha value is -3.14. The lowest BCUT2D eigenvalue weighted by Crippen LogP contribution is -2.25. The molecule has 4 rings (SSSR count). The van der Waals surface area contributed by atoms with Gasteiger partial charge in [-0.15, -0.1) is 0 Å². The Morgan fingerprint density at radius 3 is 2.62 bits per heavy atom. The van der Waals surface area contributed by atoms with Gasteiger partial charge >= 0.3 is 0 Å². The summed E-state index contributed by atoms with van der Waals surface area (Å²) >= 11 is 0. The smallest absolute Gasteiger partial charge is 0.252 e. The highest BCUT2D eigenvalue weighted by molar-refractivity contribution is 7.91. The maximum Gasteiger partial charge on any atom is 0.252 e. The Bertz CT molecular complexity index is 1330. The number of nitrogens with zero attached hydrogens (tertiary/aromatic N) is 3. The number of amides is 1. The first-order valence-electron chi connectivity index (χ1n) is 11.4. The maximum atomic E-state index is 13.2. The number of benzene rings is 1. The lowest BCUT2D eigenvalue weighted by atomic mass is 10.0. The van der Waals surface area contributed by atoms with Gasteiger partial charge in [0.2, 0.25) is 0 Å². The standard InChI is InChI=1S/C24H30N4O5S/c1-5-6-10-25-24(29)18-13-19(16-7-8-20(32-3)21(12-16)33-4)26-23-22(18)15(2)27-28(23)17-9-11-34(30,31)14-17/h7-8,12-13,17H,5-6,9-11,14H2,1-4H3,(H,25,29). The van der Waals surface area contributed by atoms with Crippen LogP contribution < -0.4 is 14.8 Å². The molecule has 1 aliphatic rings. The molecule has 9 nitrogen and oxygen atoms in total. The van der Waals surface area contributed by atoms with E-state index in [-0.39, 0.29) is 23.5 Å². The van der Waals surface area contributed by atoms with Crippen molar-refractivity contribution in [3.63, 3.8) is 0 Å². The molecule has 1 atom stereocenters. The molecular formula is C24H30N4O5S. The van der Waals surface area contributed by atoms with Gasteiger partial charge in [-0.25, -0.2) is 18.1 Å². The first-order valence-corrected chi connectivity index (χ1v) is 13.2. The molecule has 1 aliphatic heterocycles. The first-order chi connectivity index (χ1) is 16.3. The average molecular weight is 487 g/mol. The second-order valence-electron chi connectivity index (χ2n) is 8.52. The minimum atomic E-state index is -3.12. The van der Waals surface area contributed by atoms with Crippen molar-refractivity contribution in [1.29, 1.82) is 0 Å². The Labute approximate surface area is 199 Å². The van der Waals surface area contributed by atoms with Crippen molar-refractivity contribution < 1.29 is 22.7 Å². The van der Waals surface area contributed by atoms with Gasteiger partial charge in [0, 0.05) is 12.1 Å². The van der Waals surface area contributed by atoms with Gasteiger partial charge in [0.15, 0.2) is 27.0 Å². The fraction of sp³-hybridized carbons (Fsp3) is 0.458. The third-order valence-corrected chi connectivity index (χ3v) is 7.88. The summed E-state index contributed by atoms with van der Waals surface area (Å²) in [5.41, 5.74) is 2.93. The summed E-state index contributed by atoms with van der Waals surface area (Å²) in [5.74, 6) is 1.06. The molecule has 1 unspecified atom stereocenters. The predicted molar refractivity (Wildman–Crippen MR) is 130 cm³/mol. The summed E-state index contributed by atoms with van der Waals surface area (Å²) in [7, 11) is 0.00467. The third-order valence-electron chi connectivity index (χ3n) is 6.13. The highest BCUT2D eigenvalue weighted by atomic mass is 32.2. The number of carbonyl (C=O) groups is 1. The number of rotatable bonds is 8. The molecular weight excluding hydrogens is 456 g/mol. The SMILES string of the molecule is CCCCNC(=O)c1cc(-c2ccc(OC)c(OC)c2)nc2c1c(C)nn2C1CCS(=O)(=O)C1. The summed E-state index contributed by atoms with van der Waals surface area (Å²) in [6.07, 6.45) is 2.32. The van der Waals surface area contributed by atoms with Crippen molar-refractivity contribution in [2.24, 2.45) is 0 Å². The van der Waals surface area contributed by atoms with Crippen molar-refractivity contribution >= 4 is 26.8 Å². The number of fused-ring (bicyclic) bond motifs is 1. The van der Waals surface area contributed by atoms with E-state index < -0.39 is 9.84 Å². The van der Waals surface area contributed by atoms with Crippen LogP contribution in [0.4, 0.5) is 0 Å². The van der Waals surface area contributed by atoms with Gasteiger partial charge in [0.1, 0.15) is 0 Å². The van der Waals surface area contributed by atoms with Crippen LogP contribution in [0.25, 0.3) is 22.3 Å². The molecule has 0 spiro atoms. The van der Waals surface area contributed by atoms with Crippen molar-refractivity contribution in [2.75, 3.05) is 32.3 Å². The average Bonchev–Trinajstić information content (AvgIpc) is 3.36. The first kappa shape index (κ1) is 24.0. The number of aromatic nitrogens is 3. The summed E-state index contributed by atoms with van der Waals surface area (Å²) in [6, 6.07) is 6.88. The monoisotopic (exact) mass is 486 g/mol. The summed E-state index contributed by atoms with van der Waals surface area (Å²) in [5, 5.41) is 8.27.